The Labute approximate surface area is 190 Å². The summed E-state index contributed by atoms with van der Waals surface area (Å²) in [6.45, 7) is 0.0183. The number of non-ortho nitro benzene ring substituents is 1. The molecule has 2 heterocycles. The Morgan fingerprint density at radius 1 is 1.03 bits per heavy atom. The van der Waals surface area contributed by atoms with Crippen molar-refractivity contribution in [3.8, 4) is 11.3 Å². The van der Waals surface area contributed by atoms with Crippen molar-refractivity contribution in [2.45, 2.75) is 6.54 Å². The lowest BCUT2D eigenvalue weighted by Crippen LogP contribution is -2.27. The van der Waals surface area contributed by atoms with E-state index in [1.54, 1.807) is 30.3 Å². The number of nitrogens with zero attached hydrogens (tertiary/aromatic N) is 2. The lowest BCUT2D eigenvalue weighted by atomic mass is 10.2. The van der Waals surface area contributed by atoms with Crippen molar-refractivity contribution in [1.82, 2.24) is 4.90 Å². The van der Waals surface area contributed by atoms with E-state index in [0.29, 0.717) is 32.7 Å². The highest BCUT2D eigenvalue weighted by atomic mass is 35.5. The van der Waals surface area contributed by atoms with Gasteiger partial charge in [0.25, 0.3) is 16.8 Å². The van der Waals surface area contributed by atoms with Crippen molar-refractivity contribution >= 4 is 57.9 Å². The van der Waals surface area contributed by atoms with E-state index < -0.39 is 16.1 Å². The first-order valence-corrected chi connectivity index (χ1v) is 10.4. The van der Waals surface area contributed by atoms with Gasteiger partial charge in [-0.15, -0.1) is 0 Å². The molecular formula is C21H12Cl2N2O5S. The Hall–Kier alpha value is -3.07. The fraction of sp³-hybridized carbons (Fsp3) is 0.0476. The summed E-state index contributed by atoms with van der Waals surface area (Å²) in [5, 5.41) is 11.3. The van der Waals surface area contributed by atoms with Gasteiger partial charge >= 0.3 is 0 Å². The molecule has 31 heavy (non-hydrogen) atoms. The van der Waals surface area contributed by atoms with Crippen LogP contribution in [0.4, 0.5) is 10.5 Å². The topological polar surface area (TPSA) is 93.7 Å². The van der Waals surface area contributed by atoms with Crippen LogP contribution in [0.1, 0.15) is 11.3 Å². The predicted octanol–water partition coefficient (Wildman–Crippen LogP) is 6.40. The molecule has 0 bridgehead atoms. The van der Waals surface area contributed by atoms with Gasteiger partial charge in [-0.25, -0.2) is 0 Å². The number of carbonyl (C=O) groups is 2. The normalized spacial score (nSPS) is 15.2. The number of benzene rings is 2. The van der Waals surface area contributed by atoms with Gasteiger partial charge in [0.1, 0.15) is 11.5 Å². The Balaban J connectivity index is 1.52. The van der Waals surface area contributed by atoms with Crippen molar-refractivity contribution in [1.29, 1.82) is 0 Å². The van der Waals surface area contributed by atoms with E-state index in [4.69, 9.17) is 27.6 Å². The summed E-state index contributed by atoms with van der Waals surface area (Å²) < 4.78 is 5.76. The SMILES string of the molecule is O=C1S/C(=C\c2ccc(-c3cc(Cl)cc(Cl)c3)o2)C(=O)N1Cc1ccc([N+](=O)[O-])cc1. The zero-order chi connectivity index (χ0) is 22.1. The Kier molecular flexibility index (Phi) is 5.86. The first kappa shape index (κ1) is 21.2. The average molecular weight is 475 g/mol. The molecular weight excluding hydrogens is 463 g/mol. The average Bonchev–Trinajstić information content (AvgIpc) is 3.28. The number of nitro benzene ring substituents is 1. The zero-order valence-corrected chi connectivity index (χ0v) is 17.9. The lowest BCUT2D eigenvalue weighted by Gasteiger charge is -2.12. The standard InChI is InChI=1S/C21H12Cl2N2O5S/c22-14-7-13(8-15(23)9-14)18-6-5-17(30-18)10-19-20(26)24(21(27)31-19)11-12-1-3-16(4-2-12)25(28)29/h1-10H,11H2/b19-10-. The van der Waals surface area contributed by atoms with Crippen molar-refractivity contribution in [2.75, 3.05) is 0 Å². The minimum absolute atomic E-state index is 0.0183. The Morgan fingerprint density at radius 3 is 2.35 bits per heavy atom. The molecule has 0 aliphatic carbocycles. The van der Waals surface area contributed by atoms with Crippen LogP contribution in [0.15, 0.2) is 63.9 Å². The first-order valence-electron chi connectivity index (χ1n) is 8.85. The molecule has 1 saturated heterocycles. The molecule has 2 amide bonds. The molecule has 1 fully saturated rings. The van der Waals surface area contributed by atoms with E-state index >= 15 is 0 Å². The van der Waals surface area contributed by atoms with Gasteiger partial charge < -0.3 is 4.42 Å². The second kappa shape index (κ2) is 8.58. The summed E-state index contributed by atoms with van der Waals surface area (Å²) >= 11 is 12.8. The van der Waals surface area contributed by atoms with Crippen molar-refractivity contribution < 1.29 is 18.9 Å². The van der Waals surface area contributed by atoms with Gasteiger partial charge in [-0.1, -0.05) is 35.3 Å². The first-order chi connectivity index (χ1) is 14.8. The quantitative estimate of drug-likeness (QED) is 0.241. The van der Waals surface area contributed by atoms with Gasteiger partial charge in [-0.05, 0) is 47.7 Å². The number of carbonyl (C=O) groups excluding carboxylic acids is 2. The molecule has 3 aromatic rings. The van der Waals surface area contributed by atoms with Crippen LogP contribution in [-0.2, 0) is 11.3 Å². The number of amides is 2. The number of halogens is 2. The van der Waals surface area contributed by atoms with Crippen LogP contribution < -0.4 is 0 Å². The summed E-state index contributed by atoms with van der Waals surface area (Å²) in [5.41, 5.74) is 1.23. The van der Waals surface area contributed by atoms with Gasteiger partial charge in [0.15, 0.2) is 0 Å². The number of hydrogen-bond donors (Lipinski definition) is 0. The fourth-order valence-corrected chi connectivity index (χ4v) is 4.30. The molecule has 1 aliphatic heterocycles. The van der Waals surface area contributed by atoms with E-state index in [0.717, 1.165) is 16.7 Å². The van der Waals surface area contributed by atoms with Crippen LogP contribution in [0.2, 0.25) is 10.0 Å². The largest absolute Gasteiger partial charge is 0.457 e. The number of furan rings is 1. The van der Waals surface area contributed by atoms with E-state index in [-0.39, 0.29) is 17.1 Å². The predicted molar refractivity (Wildman–Crippen MR) is 119 cm³/mol. The molecule has 4 rings (SSSR count). The molecule has 7 nitrogen and oxygen atoms in total. The molecule has 0 N–H and O–H groups in total. The highest BCUT2D eigenvalue weighted by Gasteiger charge is 2.35. The van der Waals surface area contributed by atoms with Crippen molar-refractivity contribution in [3.63, 3.8) is 0 Å². The summed E-state index contributed by atoms with van der Waals surface area (Å²) in [6.07, 6.45) is 1.50. The minimum Gasteiger partial charge on any atom is -0.457 e. The minimum atomic E-state index is -0.512. The van der Waals surface area contributed by atoms with E-state index in [1.165, 1.54) is 30.3 Å². The monoisotopic (exact) mass is 474 g/mol. The third kappa shape index (κ3) is 4.66. The van der Waals surface area contributed by atoms with Crippen LogP contribution >= 0.6 is 35.0 Å². The van der Waals surface area contributed by atoms with Crippen LogP contribution in [-0.4, -0.2) is 21.0 Å². The summed E-state index contributed by atoms with van der Waals surface area (Å²) in [4.78, 5) is 36.6. The molecule has 2 aromatic carbocycles. The highest BCUT2D eigenvalue weighted by Crippen LogP contribution is 2.35. The van der Waals surface area contributed by atoms with Crippen LogP contribution in [0.5, 0.6) is 0 Å². The van der Waals surface area contributed by atoms with Gasteiger partial charge in [-0.2, -0.15) is 0 Å². The number of thioether (sulfide) groups is 1. The molecule has 1 aromatic heterocycles. The highest BCUT2D eigenvalue weighted by molar-refractivity contribution is 8.18. The number of imide groups is 1. The summed E-state index contributed by atoms with van der Waals surface area (Å²) in [7, 11) is 0. The third-order valence-electron chi connectivity index (χ3n) is 4.41. The molecule has 156 valence electrons. The molecule has 10 heteroatoms. The molecule has 0 atom stereocenters. The molecule has 1 aliphatic rings. The zero-order valence-electron chi connectivity index (χ0n) is 15.6. The Bertz CT molecular complexity index is 1220. The van der Waals surface area contributed by atoms with E-state index in [2.05, 4.69) is 0 Å². The van der Waals surface area contributed by atoms with Crippen molar-refractivity contribution in [2.24, 2.45) is 0 Å². The van der Waals surface area contributed by atoms with E-state index in [9.17, 15) is 19.7 Å². The maximum Gasteiger partial charge on any atom is 0.293 e. The van der Waals surface area contributed by atoms with Gasteiger partial charge in [0, 0.05) is 33.8 Å². The molecule has 0 spiro atoms. The number of rotatable bonds is 5. The number of hydrogen-bond acceptors (Lipinski definition) is 6. The molecule has 0 unspecified atom stereocenters. The van der Waals surface area contributed by atoms with Gasteiger partial charge in [-0.3, -0.25) is 24.6 Å². The lowest BCUT2D eigenvalue weighted by molar-refractivity contribution is -0.384. The second-order valence-electron chi connectivity index (χ2n) is 6.55. The van der Waals surface area contributed by atoms with E-state index in [1.807, 2.05) is 0 Å². The third-order valence-corrected chi connectivity index (χ3v) is 5.75. The van der Waals surface area contributed by atoms with Gasteiger partial charge in [0.05, 0.1) is 16.4 Å². The van der Waals surface area contributed by atoms with Crippen LogP contribution in [0, 0.1) is 10.1 Å². The summed E-state index contributed by atoms with van der Waals surface area (Å²) in [5.74, 6) is 0.449. The number of nitro groups is 1. The maximum absolute atomic E-state index is 12.7. The second-order valence-corrected chi connectivity index (χ2v) is 8.42. The summed E-state index contributed by atoms with van der Waals surface area (Å²) in [6, 6.07) is 14.1. The van der Waals surface area contributed by atoms with Crippen molar-refractivity contribution in [3.05, 3.63) is 91.0 Å². The van der Waals surface area contributed by atoms with Gasteiger partial charge in [0.2, 0.25) is 0 Å². The molecule has 0 radical (unpaired) electrons. The maximum atomic E-state index is 12.7. The molecule has 0 saturated carbocycles. The fourth-order valence-electron chi connectivity index (χ4n) is 2.95. The Morgan fingerprint density at radius 2 is 1.71 bits per heavy atom. The smallest absolute Gasteiger partial charge is 0.293 e. The van der Waals surface area contributed by atoms with Crippen LogP contribution in [0.3, 0.4) is 0 Å². The van der Waals surface area contributed by atoms with Crippen LogP contribution in [0.25, 0.3) is 17.4 Å².